The predicted octanol–water partition coefficient (Wildman–Crippen LogP) is 4.81. The highest BCUT2D eigenvalue weighted by atomic mass is 79.9. The van der Waals surface area contributed by atoms with Crippen molar-refractivity contribution in [2.75, 3.05) is 11.9 Å². The molecule has 80 valence electrons. The lowest BCUT2D eigenvalue weighted by Gasteiger charge is -2.03. The van der Waals surface area contributed by atoms with Gasteiger partial charge in [-0.3, -0.25) is 0 Å². The van der Waals surface area contributed by atoms with Crippen molar-refractivity contribution in [2.45, 2.75) is 13.3 Å². The predicted molar refractivity (Wildman–Crippen MR) is 71.4 cm³/mol. The summed E-state index contributed by atoms with van der Waals surface area (Å²) in [6.45, 7) is 3.01. The molecule has 15 heavy (non-hydrogen) atoms. The number of rotatable bonds is 3. The Hall–Kier alpha value is -0.390. The van der Waals surface area contributed by atoms with E-state index in [-0.39, 0.29) is 0 Å². The van der Waals surface area contributed by atoms with Gasteiger partial charge >= 0.3 is 0 Å². The third-order valence-electron chi connectivity index (χ3n) is 1.95. The first-order valence-corrected chi connectivity index (χ1v) is 6.75. The summed E-state index contributed by atoms with van der Waals surface area (Å²) in [5, 5.41) is 5.19. The van der Waals surface area contributed by atoms with Crippen molar-refractivity contribution in [1.82, 2.24) is 0 Å². The summed E-state index contributed by atoms with van der Waals surface area (Å²) >= 11 is 10.3. The normalized spacial score (nSPS) is 10.8. The van der Waals surface area contributed by atoms with E-state index < -0.39 is 0 Å². The Morgan fingerprint density at radius 1 is 1.60 bits per heavy atom. The molecule has 1 N–H and O–H groups in total. The van der Waals surface area contributed by atoms with Crippen LogP contribution < -0.4 is 5.32 Å². The van der Waals surface area contributed by atoms with E-state index >= 15 is 0 Å². The summed E-state index contributed by atoms with van der Waals surface area (Å²) in [7, 11) is 0. The fourth-order valence-electron chi connectivity index (χ4n) is 1.25. The zero-order valence-corrected chi connectivity index (χ0v) is 11.4. The van der Waals surface area contributed by atoms with Crippen LogP contribution in [0.25, 0.3) is 10.3 Å². The van der Waals surface area contributed by atoms with Gasteiger partial charge < -0.3 is 9.73 Å². The van der Waals surface area contributed by atoms with Crippen molar-refractivity contribution in [3.05, 3.63) is 20.4 Å². The Labute approximate surface area is 105 Å². The molecule has 0 unspecified atom stereocenters. The topological polar surface area (TPSA) is 25.2 Å². The van der Waals surface area contributed by atoms with E-state index in [0.29, 0.717) is 0 Å². The van der Waals surface area contributed by atoms with Gasteiger partial charge in [-0.2, -0.15) is 0 Å². The first-order chi connectivity index (χ1) is 7.22. The summed E-state index contributed by atoms with van der Waals surface area (Å²) in [6.07, 6.45) is 1.06. The molecule has 0 aromatic carbocycles. The van der Waals surface area contributed by atoms with E-state index in [4.69, 9.17) is 16.6 Å². The van der Waals surface area contributed by atoms with Crippen LogP contribution in [0.1, 0.15) is 13.3 Å². The largest absolute Gasteiger partial charge is 0.439 e. The molecule has 0 bridgehead atoms. The summed E-state index contributed by atoms with van der Waals surface area (Å²) in [5.41, 5.74) is 0.839. The van der Waals surface area contributed by atoms with Gasteiger partial charge in [-0.05, 0) is 22.4 Å². The summed E-state index contributed by atoms with van der Waals surface area (Å²) in [5.74, 6) is 0.744. The Morgan fingerprint density at radius 2 is 2.40 bits per heavy atom. The summed E-state index contributed by atoms with van der Waals surface area (Å²) in [6, 6.07) is 1.87. The number of hydrogen-bond donors (Lipinski definition) is 1. The monoisotopic (exact) mass is 303 g/mol. The second-order valence-corrected chi connectivity index (χ2v) is 5.32. The van der Waals surface area contributed by atoms with Crippen molar-refractivity contribution in [3.8, 4) is 0 Å². The van der Waals surface area contributed by atoms with Gasteiger partial charge in [0.1, 0.15) is 0 Å². The number of nitrogens with one attached hydrogen (secondary N) is 1. The summed E-state index contributed by atoms with van der Waals surface area (Å²) < 4.78 is 8.53. The molecule has 2 heterocycles. The van der Waals surface area contributed by atoms with Crippen molar-refractivity contribution in [2.24, 2.45) is 0 Å². The standard InChI is InChI=1S/C10H10BrNOS2/c1-2-3-12-8-4-7(14)10-9(13-8)6(11)5-15-10/h4-5,12H,2-3H2,1H3. The SMILES string of the molecule is CCCNc1cc(=S)c2scc(Br)c2o1. The highest BCUT2D eigenvalue weighted by Gasteiger charge is 2.07. The van der Waals surface area contributed by atoms with Gasteiger partial charge in [-0.15, -0.1) is 11.3 Å². The molecule has 0 radical (unpaired) electrons. The van der Waals surface area contributed by atoms with E-state index in [1.165, 1.54) is 0 Å². The average molecular weight is 304 g/mol. The van der Waals surface area contributed by atoms with Crippen LogP contribution >= 0.6 is 39.5 Å². The van der Waals surface area contributed by atoms with Crippen LogP contribution in [0.15, 0.2) is 20.3 Å². The van der Waals surface area contributed by atoms with Gasteiger partial charge in [0, 0.05) is 18.0 Å². The zero-order chi connectivity index (χ0) is 10.8. The highest BCUT2D eigenvalue weighted by molar-refractivity contribution is 9.10. The Balaban J connectivity index is 2.50. The molecule has 2 aromatic rings. The lowest BCUT2D eigenvalue weighted by atomic mass is 10.4. The van der Waals surface area contributed by atoms with Crippen LogP contribution in [0.5, 0.6) is 0 Å². The van der Waals surface area contributed by atoms with Gasteiger partial charge in [0.2, 0.25) is 0 Å². The molecule has 2 rings (SSSR count). The number of fused-ring (bicyclic) bond motifs is 1. The second kappa shape index (κ2) is 4.63. The minimum atomic E-state index is 0.744. The molecule has 0 fully saturated rings. The van der Waals surface area contributed by atoms with Crippen LogP contribution in [0.2, 0.25) is 0 Å². The number of halogens is 1. The maximum atomic E-state index is 5.70. The molecule has 0 saturated heterocycles. The van der Waals surface area contributed by atoms with Gasteiger partial charge in [-0.1, -0.05) is 19.1 Å². The van der Waals surface area contributed by atoms with Crippen LogP contribution in [0.3, 0.4) is 0 Å². The van der Waals surface area contributed by atoms with E-state index in [9.17, 15) is 0 Å². The zero-order valence-electron chi connectivity index (χ0n) is 8.17. The fraction of sp³-hybridized carbons (Fsp3) is 0.300. The lowest BCUT2D eigenvalue weighted by Crippen LogP contribution is -1.98. The van der Waals surface area contributed by atoms with E-state index in [2.05, 4.69) is 28.2 Å². The molecule has 0 aliphatic heterocycles. The first kappa shape index (κ1) is 11.1. The van der Waals surface area contributed by atoms with Crippen molar-refractivity contribution in [1.29, 1.82) is 0 Å². The molecule has 0 aliphatic carbocycles. The minimum Gasteiger partial charge on any atom is -0.439 e. The van der Waals surface area contributed by atoms with Gasteiger partial charge in [-0.25, -0.2) is 0 Å². The lowest BCUT2D eigenvalue weighted by molar-refractivity contribution is 0.613. The molecule has 0 aliphatic rings. The summed E-state index contributed by atoms with van der Waals surface area (Å²) in [4.78, 5) is 0. The highest BCUT2D eigenvalue weighted by Crippen LogP contribution is 2.33. The Kier molecular flexibility index (Phi) is 3.43. The molecule has 0 atom stereocenters. The van der Waals surface area contributed by atoms with Crippen molar-refractivity contribution in [3.63, 3.8) is 0 Å². The first-order valence-electron chi connectivity index (χ1n) is 4.67. The Morgan fingerprint density at radius 3 is 3.13 bits per heavy atom. The van der Waals surface area contributed by atoms with E-state index in [1.807, 2.05) is 11.4 Å². The molecular formula is C10H10BrNOS2. The molecule has 2 nitrogen and oxygen atoms in total. The average Bonchev–Trinajstić information content (AvgIpc) is 2.58. The van der Waals surface area contributed by atoms with Gasteiger partial charge in [0.15, 0.2) is 11.5 Å². The molecule has 0 spiro atoms. The maximum absolute atomic E-state index is 5.70. The molecule has 0 amide bonds. The minimum absolute atomic E-state index is 0.744. The molecule has 2 aromatic heterocycles. The number of hydrogen-bond acceptors (Lipinski definition) is 4. The third-order valence-corrected chi connectivity index (χ3v) is 4.29. The number of thiophene rings is 1. The smallest absolute Gasteiger partial charge is 0.195 e. The van der Waals surface area contributed by atoms with Crippen LogP contribution in [0, 0.1) is 4.51 Å². The van der Waals surface area contributed by atoms with Crippen LogP contribution in [0.4, 0.5) is 5.88 Å². The van der Waals surface area contributed by atoms with Gasteiger partial charge in [0.25, 0.3) is 0 Å². The maximum Gasteiger partial charge on any atom is 0.195 e. The van der Waals surface area contributed by atoms with Gasteiger partial charge in [0.05, 0.1) is 13.7 Å². The quantitative estimate of drug-likeness (QED) is 0.824. The third kappa shape index (κ3) is 2.24. The van der Waals surface area contributed by atoms with E-state index in [0.717, 1.165) is 38.1 Å². The van der Waals surface area contributed by atoms with Crippen molar-refractivity contribution >= 4 is 55.7 Å². The fourth-order valence-corrected chi connectivity index (χ4v) is 3.05. The Bertz CT molecular complexity index is 532. The molecule has 0 saturated carbocycles. The molecule has 5 heteroatoms. The van der Waals surface area contributed by atoms with Crippen LogP contribution in [-0.2, 0) is 0 Å². The number of anilines is 1. The molecular weight excluding hydrogens is 294 g/mol. The van der Waals surface area contributed by atoms with Crippen LogP contribution in [-0.4, -0.2) is 6.54 Å². The second-order valence-electron chi connectivity index (χ2n) is 3.14. The van der Waals surface area contributed by atoms with Crippen molar-refractivity contribution < 1.29 is 4.42 Å². The van der Waals surface area contributed by atoms with E-state index in [1.54, 1.807) is 11.3 Å².